The average molecular weight is 861 g/mol. The lowest BCUT2D eigenvalue weighted by Gasteiger charge is -2.19. The maximum Gasteiger partial charge on any atom is 0.407 e. The van der Waals surface area contributed by atoms with Crippen molar-refractivity contribution in [3.8, 4) is 0 Å². The molecule has 6 rings (SSSR count). The fourth-order valence-electron chi connectivity index (χ4n) is 5.67. The van der Waals surface area contributed by atoms with Crippen molar-refractivity contribution in [2.75, 3.05) is 60.5 Å². The highest BCUT2D eigenvalue weighted by atomic mass is 16.6. The molecule has 0 aliphatic carbocycles. The Bertz CT molecular complexity index is 2450. The number of hydrogen-bond donors (Lipinski definition) is 8. The number of amides is 3. The largest absolute Gasteiger partial charge is 0.444 e. The Hall–Kier alpha value is -7.35. The number of hydrogen-bond acceptors (Lipinski definition) is 17. The zero-order valence-corrected chi connectivity index (χ0v) is 36.3. The standard InChI is InChI=1S/C24H32N8O3.C19H24N8O/c1-5-9-25-20-19(21(33)26-10-6-11-27-23(34)35-24(2,3)4)15-28-22(32-20)31-18-8-7-16-13-29-30-14-17(16)12-18;1-2-7-21-17-16(18(28)22-8-3-6-20)12-23-19(27-17)26-15-5-4-13-10-24-25-11-14(13)9-15/h7-8,12-15H,5-6,9-11H2,1-4H3,(H,26,33)(H,27,34)(H2,25,28,31,32);4-5,9-12H,2-3,6-8,20H2,1H3,(H,22,28)(H2,21,23,26,27). The first-order chi connectivity index (χ1) is 30.5. The fourth-order valence-corrected chi connectivity index (χ4v) is 5.67. The summed E-state index contributed by atoms with van der Waals surface area (Å²) < 4.78 is 5.19. The van der Waals surface area contributed by atoms with Crippen LogP contribution in [0, 0.1) is 0 Å². The molecule has 0 spiro atoms. The number of benzene rings is 2. The second-order valence-corrected chi connectivity index (χ2v) is 15.1. The predicted octanol–water partition coefficient (Wildman–Crippen LogP) is 5.69. The molecule has 0 fully saturated rings. The maximum absolute atomic E-state index is 12.8. The van der Waals surface area contributed by atoms with Gasteiger partial charge in [-0.05, 0) is 77.3 Å². The van der Waals surface area contributed by atoms with Gasteiger partial charge in [0, 0.05) is 78.0 Å². The van der Waals surface area contributed by atoms with Gasteiger partial charge in [0.1, 0.15) is 28.4 Å². The van der Waals surface area contributed by atoms with E-state index < -0.39 is 11.7 Å². The van der Waals surface area contributed by atoms with Gasteiger partial charge in [-0.1, -0.05) is 26.0 Å². The first-order valence-electron chi connectivity index (χ1n) is 20.9. The Morgan fingerprint density at radius 1 is 0.587 bits per heavy atom. The van der Waals surface area contributed by atoms with E-state index in [1.54, 1.807) is 45.6 Å². The van der Waals surface area contributed by atoms with Crippen LogP contribution in [0.4, 0.5) is 39.7 Å². The molecule has 0 saturated carbocycles. The van der Waals surface area contributed by atoms with Crippen molar-refractivity contribution in [3.05, 3.63) is 84.7 Å². The van der Waals surface area contributed by atoms with Gasteiger partial charge in [0.25, 0.3) is 11.8 Å². The van der Waals surface area contributed by atoms with Gasteiger partial charge in [0.05, 0.1) is 24.8 Å². The number of alkyl carbamates (subject to hydrolysis) is 1. The van der Waals surface area contributed by atoms with Crippen LogP contribution in [0.3, 0.4) is 0 Å². The zero-order chi connectivity index (χ0) is 45.0. The summed E-state index contributed by atoms with van der Waals surface area (Å²) in [6.07, 6.45) is 12.4. The van der Waals surface area contributed by atoms with Gasteiger partial charge in [0.15, 0.2) is 0 Å². The summed E-state index contributed by atoms with van der Waals surface area (Å²) in [5.74, 6) is 1.19. The highest BCUT2D eigenvalue weighted by molar-refractivity contribution is 5.99. The Morgan fingerprint density at radius 2 is 1.03 bits per heavy atom. The third-order valence-electron chi connectivity index (χ3n) is 8.73. The van der Waals surface area contributed by atoms with Crippen LogP contribution >= 0.6 is 0 Å². The summed E-state index contributed by atoms with van der Waals surface area (Å²) in [7, 11) is 0. The van der Waals surface area contributed by atoms with Gasteiger partial charge >= 0.3 is 6.09 Å². The lowest BCUT2D eigenvalue weighted by molar-refractivity contribution is 0.0527. The fraction of sp³-hybridized carbons (Fsp3) is 0.372. The zero-order valence-electron chi connectivity index (χ0n) is 36.3. The molecule has 0 unspecified atom stereocenters. The van der Waals surface area contributed by atoms with E-state index in [4.69, 9.17) is 10.5 Å². The molecule has 0 aliphatic heterocycles. The molecular weight excluding hydrogens is 805 g/mol. The Labute approximate surface area is 365 Å². The van der Waals surface area contributed by atoms with Crippen LogP contribution in [-0.2, 0) is 4.74 Å². The number of nitrogens with one attached hydrogen (secondary N) is 7. The van der Waals surface area contributed by atoms with Crippen molar-refractivity contribution in [1.82, 2.24) is 56.3 Å². The summed E-state index contributed by atoms with van der Waals surface area (Å²) in [6, 6.07) is 11.6. The van der Waals surface area contributed by atoms with Crippen molar-refractivity contribution >= 4 is 74.4 Å². The van der Waals surface area contributed by atoms with E-state index in [9.17, 15) is 14.4 Å². The lowest BCUT2D eigenvalue weighted by atomic mass is 10.2. The average Bonchev–Trinajstić information content (AvgIpc) is 3.27. The Balaban J connectivity index is 0.000000243. The molecule has 332 valence electrons. The molecule has 20 nitrogen and oxygen atoms in total. The van der Waals surface area contributed by atoms with E-state index in [0.29, 0.717) is 80.3 Å². The van der Waals surface area contributed by atoms with Crippen molar-refractivity contribution in [1.29, 1.82) is 0 Å². The Kier molecular flexibility index (Phi) is 17.5. The molecule has 0 saturated heterocycles. The number of ether oxygens (including phenoxy) is 1. The molecule has 0 radical (unpaired) electrons. The van der Waals surface area contributed by atoms with E-state index in [0.717, 1.165) is 52.2 Å². The molecule has 20 heteroatoms. The van der Waals surface area contributed by atoms with Crippen molar-refractivity contribution in [2.24, 2.45) is 5.73 Å². The quantitative estimate of drug-likeness (QED) is 0.0454. The number of aromatic nitrogens is 8. The van der Waals surface area contributed by atoms with Crippen LogP contribution in [-0.4, -0.2) is 103 Å². The van der Waals surface area contributed by atoms with Gasteiger partial charge in [-0.15, -0.1) is 0 Å². The SMILES string of the molecule is CCCNc1nc(Nc2ccc3cnncc3c2)ncc1C(=O)NCCCN.CCCNc1nc(Nc2ccc3cnncc3c2)ncc1C(=O)NCCCNC(=O)OC(C)(C)C. The second kappa shape index (κ2) is 23.6. The third kappa shape index (κ3) is 15.0. The smallest absolute Gasteiger partial charge is 0.407 e. The van der Waals surface area contributed by atoms with Gasteiger partial charge in [-0.25, -0.2) is 14.8 Å². The molecule has 0 atom stereocenters. The number of nitrogens with two attached hydrogens (primary N) is 1. The number of rotatable bonds is 19. The minimum Gasteiger partial charge on any atom is -0.444 e. The number of fused-ring (bicyclic) bond motifs is 2. The maximum atomic E-state index is 12.8. The van der Waals surface area contributed by atoms with Crippen molar-refractivity contribution in [2.45, 2.75) is 65.9 Å². The molecule has 3 amide bonds. The monoisotopic (exact) mass is 860 g/mol. The molecule has 9 N–H and O–H groups in total. The van der Waals surface area contributed by atoms with Gasteiger partial charge in [-0.2, -0.15) is 30.4 Å². The Morgan fingerprint density at radius 3 is 1.48 bits per heavy atom. The van der Waals surface area contributed by atoms with Crippen LogP contribution in [0.5, 0.6) is 0 Å². The van der Waals surface area contributed by atoms with Gasteiger partial charge in [0.2, 0.25) is 11.9 Å². The van der Waals surface area contributed by atoms with E-state index in [-0.39, 0.29) is 11.8 Å². The van der Waals surface area contributed by atoms with E-state index in [1.165, 1.54) is 12.4 Å². The van der Waals surface area contributed by atoms with E-state index in [2.05, 4.69) is 77.5 Å². The van der Waals surface area contributed by atoms with E-state index in [1.807, 2.05) is 50.2 Å². The van der Waals surface area contributed by atoms with Crippen LogP contribution in [0.2, 0.25) is 0 Å². The van der Waals surface area contributed by atoms with Crippen LogP contribution in [0.25, 0.3) is 21.5 Å². The number of anilines is 6. The topological polar surface area (TPSA) is 274 Å². The molecular formula is C43H56N16O4. The molecule has 6 aromatic rings. The molecule has 0 bridgehead atoms. The van der Waals surface area contributed by atoms with Gasteiger partial charge in [-0.3, -0.25) is 9.59 Å². The van der Waals surface area contributed by atoms with Crippen LogP contribution in [0.15, 0.2) is 73.6 Å². The third-order valence-corrected chi connectivity index (χ3v) is 8.73. The highest BCUT2D eigenvalue weighted by Gasteiger charge is 2.18. The van der Waals surface area contributed by atoms with Crippen LogP contribution in [0.1, 0.15) is 81.0 Å². The van der Waals surface area contributed by atoms with E-state index >= 15 is 0 Å². The van der Waals surface area contributed by atoms with Crippen LogP contribution < -0.4 is 43.0 Å². The summed E-state index contributed by atoms with van der Waals surface area (Å²) in [4.78, 5) is 54.5. The second-order valence-electron chi connectivity index (χ2n) is 15.1. The lowest BCUT2D eigenvalue weighted by Crippen LogP contribution is -2.34. The van der Waals surface area contributed by atoms with Gasteiger partial charge < -0.3 is 47.7 Å². The summed E-state index contributed by atoms with van der Waals surface area (Å²) in [6.45, 7) is 12.6. The minimum atomic E-state index is -0.551. The predicted molar refractivity (Wildman–Crippen MR) is 244 cm³/mol. The summed E-state index contributed by atoms with van der Waals surface area (Å²) >= 11 is 0. The number of nitrogens with zero attached hydrogens (tertiary/aromatic N) is 8. The molecule has 0 aliphatic rings. The normalized spacial score (nSPS) is 10.9. The molecule has 63 heavy (non-hydrogen) atoms. The molecule has 2 aromatic carbocycles. The summed E-state index contributed by atoms with van der Waals surface area (Å²) in [5.41, 5.74) is 7.29. The first kappa shape index (κ1) is 46.7. The minimum absolute atomic E-state index is 0.220. The first-order valence-corrected chi connectivity index (χ1v) is 20.9. The highest BCUT2D eigenvalue weighted by Crippen LogP contribution is 2.23. The van der Waals surface area contributed by atoms with Crippen molar-refractivity contribution < 1.29 is 19.1 Å². The van der Waals surface area contributed by atoms with Crippen molar-refractivity contribution in [3.63, 3.8) is 0 Å². The number of carbonyl (C=O) groups is 3. The molecule has 4 heterocycles. The summed E-state index contributed by atoms with van der Waals surface area (Å²) in [5, 5.41) is 40.5. The number of carbonyl (C=O) groups excluding carboxylic acids is 3. The molecule has 4 aromatic heterocycles.